The van der Waals surface area contributed by atoms with E-state index < -0.39 is 0 Å². The van der Waals surface area contributed by atoms with Gasteiger partial charge in [0.15, 0.2) is 0 Å². The van der Waals surface area contributed by atoms with Crippen molar-refractivity contribution in [3.05, 3.63) is 65.9 Å². The molecule has 0 bridgehead atoms. The van der Waals surface area contributed by atoms with Gasteiger partial charge in [-0.15, -0.1) is 24.0 Å². The zero-order valence-electron chi connectivity index (χ0n) is 14.6. The van der Waals surface area contributed by atoms with Gasteiger partial charge in [0, 0.05) is 28.7 Å². The predicted octanol–water partition coefficient (Wildman–Crippen LogP) is 4.73. The molecule has 0 spiro atoms. The molecule has 0 saturated carbocycles. The number of benzene rings is 2. The highest BCUT2D eigenvalue weighted by Gasteiger charge is 2.13. The fourth-order valence-electron chi connectivity index (χ4n) is 2.64. The Labute approximate surface area is 161 Å². The molecule has 2 aromatic carbocycles. The Morgan fingerprint density at radius 1 is 1.00 bits per heavy atom. The second kappa shape index (κ2) is 8.50. The largest absolute Gasteiger partial charge is 0.489 e. The lowest BCUT2D eigenvalue weighted by atomic mass is 10.1. The number of fused-ring (bicyclic) bond motifs is 1. The van der Waals surface area contributed by atoms with E-state index in [0.717, 1.165) is 22.3 Å². The SMILES string of the molecule is C[N+](C)(C)Cc1c[nH]c2cc(OCc3ccccc3)ccc12.I.N. The normalized spacial score (nSPS) is 10.8. The first kappa shape index (κ1) is 20.5. The standard InChI is InChI=1S/C19H23N2O.HI.H3N/c1-21(2,3)13-16-12-20-19-11-17(9-10-18(16)19)22-14-15-7-5-4-6-8-15;;/h4-12,20H,13-14H2,1-3H3;1H;1H3/q+1;;. The first-order valence-corrected chi connectivity index (χ1v) is 7.58. The summed E-state index contributed by atoms with van der Waals surface area (Å²) in [6.45, 7) is 1.60. The maximum Gasteiger partial charge on any atom is 0.121 e. The fourth-order valence-corrected chi connectivity index (χ4v) is 2.64. The van der Waals surface area contributed by atoms with Crippen molar-refractivity contribution in [3.63, 3.8) is 0 Å². The molecule has 24 heavy (non-hydrogen) atoms. The molecule has 0 saturated heterocycles. The molecule has 0 atom stereocenters. The number of hydrogen-bond acceptors (Lipinski definition) is 2. The highest BCUT2D eigenvalue weighted by molar-refractivity contribution is 14.0. The van der Waals surface area contributed by atoms with Crippen LogP contribution in [0.1, 0.15) is 11.1 Å². The summed E-state index contributed by atoms with van der Waals surface area (Å²) in [7, 11) is 6.61. The lowest BCUT2D eigenvalue weighted by Crippen LogP contribution is -2.33. The molecule has 1 aromatic heterocycles. The number of quaternary nitrogens is 1. The minimum atomic E-state index is 0. The summed E-state index contributed by atoms with van der Waals surface area (Å²) in [5, 5.41) is 1.28. The summed E-state index contributed by atoms with van der Waals surface area (Å²) in [4.78, 5) is 3.36. The number of nitrogens with one attached hydrogen (secondary N) is 1. The second-order valence-electron chi connectivity index (χ2n) is 6.74. The molecule has 1 heterocycles. The second-order valence-corrected chi connectivity index (χ2v) is 6.74. The summed E-state index contributed by atoms with van der Waals surface area (Å²) in [6.07, 6.45) is 2.11. The average molecular weight is 440 g/mol. The van der Waals surface area contributed by atoms with Crippen LogP contribution in [0.3, 0.4) is 0 Å². The Kier molecular flexibility index (Phi) is 7.26. The Morgan fingerprint density at radius 3 is 2.38 bits per heavy atom. The molecule has 0 radical (unpaired) electrons. The van der Waals surface area contributed by atoms with Crippen LogP contribution >= 0.6 is 24.0 Å². The maximum atomic E-state index is 5.89. The number of halogens is 1. The third-order valence-electron chi connectivity index (χ3n) is 3.63. The molecule has 0 fully saturated rings. The van der Waals surface area contributed by atoms with Gasteiger partial charge in [0.05, 0.1) is 21.1 Å². The van der Waals surface area contributed by atoms with Crippen LogP contribution in [0.5, 0.6) is 5.75 Å². The van der Waals surface area contributed by atoms with Crippen molar-refractivity contribution in [1.82, 2.24) is 11.1 Å². The van der Waals surface area contributed by atoms with E-state index >= 15 is 0 Å². The lowest BCUT2D eigenvalue weighted by molar-refractivity contribution is -0.883. The van der Waals surface area contributed by atoms with E-state index in [4.69, 9.17) is 4.74 Å². The van der Waals surface area contributed by atoms with Gasteiger partial charge in [-0.25, -0.2) is 0 Å². The van der Waals surface area contributed by atoms with Crippen molar-refractivity contribution in [2.24, 2.45) is 0 Å². The number of rotatable bonds is 5. The Balaban J connectivity index is 0.00000144. The molecule has 0 aliphatic heterocycles. The molecular formula is C19H27IN3O+. The fraction of sp³-hybridized carbons (Fsp3) is 0.263. The quantitative estimate of drug-likeness (QED) is 0.445. The number of aromatic nitrogens is 1. The summed E-state index contributed by atoms with van der Waals surface area (Å²) in [5.74, 6) is 0.898. The molecule has 3 aromatic rings. The van der Waals surface area contributed by atoms with Gasteiger partial charge >= 0.3 is 0 Å². The molecule has 0 aliphatic rings. The van der Waals surface area contributed by atoms with Gasteiger partial charge in [0.1, 0.15) is 18.9 Å². The van der Waals surface area contributed by atoms with Crippen molar-refractivity contribution in [1.29, 1.82) is 0 Å². The van der Waals surface area contributed by atoms with Crippen LogP contribution in [-0.4, -0.2) is 30.6 Å². The third-order valence-corrected chi connectivity index (χ3v) is 3.63. The highest BCUT2D eigenvalue weighted by Crippen LogP contribution is 2.25. The summed E-state index contributed by atoms with van der Waals surface area (Å²) in [6, 6.07) is 16.5. The highest BCUT2D eigenvalue weighted by atomic mass is 127. The molecule has 3 rings (SSSR count). The summed E-state index contributed by atoms with van der Waals surface area (Å²) in [5.41, 5.74) is 3.66. The molecule has 4 N–H and O–H groups in total. The topological polar surface area (TPSA) is 60.0 Å². The average Bonchev–Trinajstić information content (AvgIpc) is 2.87. The molecule has 5 heteroatoms. The summed E-state index contributed by atoms with van der Waals surface area (Å²) >= 11 is 0. The first-order chi connectivity index (χ1) is 10.5. The van der Waals surface area contributed by atoms with E-state index in [-0.39, 0.29) is 30.1 Å². The molecule has 4 nitrogen and oxygen atoms in total. The van der Waals surface area contributed by atoms with Crippen LogP contribution < -0.4 is 10.9 Å². The van der Waals surface area contributed by atoms with Gasteiger partial charge < -0.3 is 20.4 Å². The molecule has 0 amide bonds. The van der Waals surface area contributed by atoms with E-state index in [1.165, 1.54) is 16.5 Å². The van der Waals surface area contributed by atoms with Gasteiger partial charge in [-0.05, 0) is 17.7 Å². The van der Waals surface area contributed by atoms with Crippen molar-refractivity contribution in [2.75, 3.05) is 21.1 Å². The van der Waals surface area contributed by atoms with Gasteiger partial charge in [-0.2, -0.15) is 0 Å². The van der Waals surface area contributed by atoms with Crippen LogP contribution in [0.25, 0.3) is 10.9 Å². The molecular weight excluding hydrogens is 413 g/mol. The predicted molar refractivity (Wildman–Crippen MR) is 111 cm³/mol. The van der Waals surface area contributed by atoms with Gasteiger partial charge in [-0.1, -0.05) is 30.3 Å². The maximum absolute atomic E-state index is 5.89. The number of ether oxygens (including phenoxy) is 1. The van der Waals surface area contributed by atoms with Crippen LogP contribution in [0.2, 0.25) is 0 Å². The Bertz CT molecular complexity index is 763. The van der Waals surface area contributed by atoms with Crippen molar-refractivity contribution < 1.29 is 9.22 Å². The van der Waals surface area contributed by atoms with Crippen molar-refractivity contribution >= 4 is 34.9 Å². The Hall–Kier alpha value is -1.57. The number of nitrogens with zero attached hydrogens (tertiary/aromatic N) is 1. The van der Waals surface area contributed by atoms with Gasteiger partial charge in [0.25, 0.3) is 0 Å². The van der Waals surface area contributed by atoms with Crippen LogP contribution in [0.4, 0.5) is 0 Å². The zero-order chi connectivity index (χ0) is 15.6. The van der Waals surface area contributed by atoms with E-state index in [2.05, 4.69) is 62.7 Å². The van der Waals surface area contributed by atoms with Crippen LogP contribution in [0, 0.1) is 0 Å². The van der Waals surface area contributed by atoms with E-state index in [1.807, 2.05) is 18.2 Å². The van der Waals surface area contributed by atoms with Gasteiger partial charge in [0.2, 0.25) is 0 Å². The first-order valence-electron chi connectivity index (χ1n) is 7.58. The summed E-state index contributed by atoms with van der Waals surface area (Å²) < 4.78 is 6.80. The Morgan fingerprint density at radius 2 is 1.71 bits per heavy atom. The van der Waals surface area contributed by atoms with Crippen LogP contribution in [0.15, 0.2) is 54.7 Å². The van der Waals surface area contributed by atoms with Crippen LogP contribution in [-0.2, 0) is 13.2 Å². The van der Waals surface area contributed by atoms with Crippen molar-refractivity contribution in [3.8, 4) is 5.75 Å². The van der Waals surface area contributed by atoms with Crippen molar-refractivity contribution in [2.45, 2.75) is 13.2 Å². The van der Waals surface area contributed by atoms with Gasteiger partial charge in [-0.3, -0.25) is 0 Å². The monoisotopic (exact) mass is 440 g/mol. The third kappa shape index (κ3) is 5.22. The smallest absolute Gasteiger partial charge is 0.121 e. The zero-order valence-corrected chi connectivity index (χ0v) is 16.9. The van der Waals surface area contributed by atoms with E-state index in [0.29, 0.717) is 6.61 Å². The van der Waals surface area contributed by atoms with E-state index in [1.54, 1.807) is 0 Å². The molecule has 130 valence electrons. The number of hydrogen-bond donors (Lipinski definition) is 2. The minimum Gasteiger partial charge on any atom is -0.489 e. The lowest BCUT2D eigenvalue weighted by Gasteiger charge is -2.23. The molecule has 0 unspecified atom stereocenters. The minimum absolute atomic E-state index is 0. The number of H-pyrrole nitrogens is 1. The molecule has 0 aliphatic carbocycles. The van der Waals surface area contributed by atoms with E-state index in [9.17, 15) is 0 Å². The number of aromatic amines is 1.